The van der Waals surface area contributed by atoms with Crippen LogP contribution in [0.5, 0.6) is 0 Å². The van der Waals surface area contributed by atoms with Gasteiger partial charge in [0.2, 0.25) is 0 Å². The molecule has 0 N–H and O–H groups in total. The molecule has 0 aromatic heterocycles. The highest BCUT2D eigenvalue weighted by Gasteiger charge is 2.21. The van der Waals surface area contributed by atoms with Gasteiger partial charge in [0.15, 0.2) is 0 Å². The number of nitrogens with zero attached hydrogens (tertiary/aromatic N) is 1. The first kappa shape index (κ1) is 12.4. The van der Waals surface area contributed by atoms with Crippen molar-refractivity contribution < 1.29 is 4.74 Å². The van der Waals surface area contributed by atoms with E-state index in [4.69, 9.17) is 4.74 Å². The van der Waals surface area contributed by atoms with Crippen LogP contribution in [0.15, 0.2) is 60.7 Å². The molecule has 2 heteroatoms. The molecular formula is C17H19NO. The molecule has 2 aromatic carbocycles. The molecule has 1 saturated heterocycles. The minimum absolute atomic E-state index is 0.207. The lowest BCUT2D eigenvalue weighted by atomic mass is 10.1. The molecule has 98 valence electrons. The lowest BCUT2D eigenvalue weighted by Gasteiger charge is -2.33. The van der Waals surface area contributed by atoms with Crippen molar-refractivity contribution >= 4 is 0 Å². The van der Waals surface area contributed by atoms with Crippen LogP contribution in [0.25, 0.3) is 0 Å². The molecule has 2 nitrogen and oxygen atoms in total. The summed E-state index contributed by atoms with van der Waals surface area (Å²) in [6.45, 7) is 3.80. The number of benzene rings is 2. The molecule has 0 amide bonds. The van der Waals surface area contributed by atoms with Gasteiger partial charge in [-0.3, -0.25) is 4.90 Å². The molecule has 1 aliphatic heterocycles. The van der Waals surface area contributed by atoms with Gasteiger partial charge in [-0.15, -0.1) is 0 Å². The highest BCUT2D eigenvalue weighted by Crippen LogP contribution is 2.22. The highest BCUT2D eigenvalue weighted by molar-refractivity contribution is 5.19. The molecule has 0 aliphatic carbocycles. The zero-order valence-corrected chi connectivity index (χ0v) is 11.0. The van der Waals surface area contributed by atoms with Crippen LogP contribution in [-0.2, 0) is 11.3 Å². The lowest BCUT2D eigenvalue weighted by Crippen LogP contribution is -2.37. The summed E-state index contributed by atoms with van der Waals surface area (Å²) in [4.78, 5) is 2.47. The van der Waals surface area contributed by atoms with Crippen molar-refractivity contribution in [1.82, 2.24) is 4.90 Å². The van der Waals surface area contributed by atoms with E-state index in [0.29, 0.717) is 0 Å². The van der Waals surface area contributed by atoms with Crippen LogP contribution in [0.3, 0.4) is 0 Å². The van der Waals surface area contributed by atoms with E-state index in [1.165, 1.54) is 11.1 Å². The zero-order valence-electron chi connectivity index (χ0n) is 11.0. The maximum atomic E-state index is 5.89. The fraction of sp³-hybridized carbons (Fsp3) is 0.294. The quantitative estimate of drug-likeness (QED) is 0.832. The minimum atomic E-state index is 0.207. The SMILES string of the molecule is c1ccc(CN2CCO[C@H](c3ccccc3)C2)cc1. The van der Waals surface area contributed by atoms with Gasteiger partial charge < -0.3 is 4.74 Å². The summed E-state index contributed by atoms with van der Waals surface area (Å²) in [5.74, 6) is 0. The minimum Gasteiger partial charge on any atom is -0.371 e. The first-order valence-electron chi connectivity index (χ1n) is 6.84. The van der Waals surface area contributed by atoms with Crippen molar-refractivity contribution in [2.24, 2.45) is 0 Å². The van der Waals surface area contributed by atoms with Crippen LogP contribution in [0.2, 0.25) is 0 Å². The molecule has 1 heterocycles. The molecule has 0 radical (unpaired) electrons. The first-order valence-corrected chi connectivity index (χ1v) is 6.84. The smallest absolute Gasteiger partial charge is 0.0952 e. The predicted octanol–water partition coefficient (Wildman–Crippen LogP) is 3.26. The van der Waals surface area contributed by atoms with Crippen molar-refractivity contribution in [3.63, 3.8) is 0 Å². The third kappa shape index (κ3) is 3.22. The van der Waals surface area contributed by atoms with E-state index in [1.54, 1.807) is 0 Å². The summed E-state index contributed by atoms with van der Waals surface area (Å²) in [5.41, 5.74) is 2.65. The average molecular weight is 253 g/mol. The van der Waals surface area contributed by atoms with Gasteiger partial charge >= 0.3 is 0 Å². The second-order valence-corrected chi connectivity index (χ2v) is 4.99. The molecule has 19 heavy (non-hydrogen) atoms. The van der Waals surface area contributed by atoms with Gasteiger partial charge in [0.05, 0.1) is 12.7 Å². The van der Waals surface area contributed by atoms with Gasteiger partial charge in [0.25, 0.3) is 0 Å². The standard InChI is InChI=1S/C17H19NO/c1-3-7-15(8-4-1)13-18-11-12-19-17(14-18)16-9-5-2-6-10-16/h1-10,17H,11-14H2/t17-/m0/s1. The topological polar surface area (TPSA) is 12.5 Å². The molecule has 0 bridgehead atoms. The van der Waals surface area contributed by atoms with E-state index < -0.39 is 0 Å². The Labute approximate surface area is 114 Å². The van der Waals surface area contributed by atoms with Gasteiger partial charge in [-0.25, -0.2) is 0 Å². The Morgan fingerprint density at radius 2 is 1.63 bits per heavy atom. The molecular weight excluding hydrogens is 234 g/mol. The van der Waals surface area contributed by atoms with Crippen LogP contribution in [0, 0.1) is 0 Å². The fourth-order valence-corrected chi connectivity index (χ4v) is 2.56. The van der Waals surface area contributed by atoms with Gasteiger partial charge in [-0.05, 0) is 11.1 Å². The summed E-state index contributed by atoms with van der Waals surface area (Å²) in [7, 11) is 0. The fourth-order valence-electron chi connectivity index (χ4n) is 2.56. The Kier molecular flexibility index (Phi) is 3.92. The third-order valence-electron chi connectivity index (χ3n) is 3.57. The van der Waals surface area contributed by atoms with Crippen LogP contribution in [0.4, 0.5) is 0 Å². The molecule has 1 atom stereocenters. The number of rotatable bonds is 3. The molecule has 2 aromatic rings. The molecule has 3 rings (SSSR count). The summed E-state index contributed by atoms with van der Waals surface area (Å²) in [6, 6.07) is 21.1. The maximum Gasteiger partial charge on any atom is 0.0952 e. The molecule has 0 spiro atoms. The Bertz CT molecular complexity index is 497. The molecule has 0 saturated carbocycles. The summed E-state index contributed by atoms with van der Waals surface area (Å²) < 4.78 is 5.89. The Morgan fingerprint density at radius 1 is 0.947 bits per heavy atom. The first-order chi connectivity index (χ1) is 9.42. The summed E-state index contributed by atoms with van der Waals surface area (Å²) in [5, 5.41) is 0. The van der Waals surface area contributed by atoms with Gasteiger partial charge in [0, 0.05) is 19.6 Å². The molecule has 1 fully saturated rings. The molecule has 1 aliphatic rings. The van der Waals surface area contributed by atoms with E-state index in [2.05, 4.69) is 59.5 Å². The van der Waals surface area contributed by atoms with Crippen LogP contribution in [0.1, 0.15) is 17.2 Å². The highest BCUT2D eigenvalue weighted by atomic mass is 16.5. The maximum absolute atomic E-state index is 5.89. The number of hydrogen-bond donors (Lipinski definition) is 0. The van der Waals surface area contributed by atoms with E-state index in [0.717, 1.165) is 26.2 Å². The number of morpholine rings is 1. The summed E-state index contributed by atoms with van der Waals surface area (Å²) in [6.07, 6.45) is 0.207. The van der Waals surface area contributed by atoms with Crippen LogP contribution >= 0.6 is 0 Å². The van der Waals surface area contributed by atoms with E-state index in [1.807, 2.05) is 6.07 Å². The monoisotopic (exact) mass is 253 g/mol. The molecule has 0 unspecified atom stereocenters. The van der Waals surface area contributed by atoms with Crippen molar-refractivity contribution in [1.29, 1.82) is 0 Å². The van der Waals surface area contributed by atoms with E-state index >= 15 is 0 Å². The zero-order chi connectivity index (χ0) is 12.9. The van der Waals surface area contributed by atoms with Crippen molar-refractivity contribution in [2.45, 2.75) is 12.6 Å². The number of ether oxygens (including phenoxy) is 1. The van der Waals surface area contributed by atoms with Gasteiger partial charge in [0.1, 0.15) is 0 Å². The number of hydrogen-bond acceptors (Lipinski definition) is 2. The van der Waals surface area contributed by atoms with Crippen LogP contribution < -0.4 is 0 Å². The Balaban J connectivity index is 1.65. The Morgan fingerprint density at radius 3 is 2.37 bits per heavy atom. The second kappa shape index (κ2) is 6.00. The van der Waals surface area contributed by atoms with Crippen LogP contribution in [-0.4, -0.2) is 24.6 Å². The summed E-state index contributed by atoms with van der Waals surface area (Å²) >= 11 is 0. The average Bonchev–Trinajstić information content (AvgIpc) is 2.49. The Hall–Kier alpha value is -1.64. The van der Waals surface area contributed by atoms with Crippen molar-refractivity contribution in [2.75, 3.05) is 19.7 Å². The normalized spacial score (nSPS) is 20.3. The second-order valence-electron chi connectivity index (χ2n) is 4.99. The van der Waals surface area contributed by atoms with Crippen molar-refractivity contribution in [3.05, 3.63) is 71.8 Å². The van der Waals surface area contributed by atoms with E-state index in [9.17, 15) is 0 Å². The van der Waals surface area contributed by atoms with Gasteiger partial charge in [-0.2, -0.15) is 0 Å². The van der Waals surface area contributed by atoms with Gasteiger partial charge in [-0.1, -0.05) is 60.7 Å². The largest absolute Gasteiger partial charge is 0.371 e. The lowest BCUT2D eigenvalue weighted by molar-refractivity contribution is -0.0329. The predicted molar refractivity (Wildman–Crippen MR) is 76.9 cm³/mol. The van der Waals surface area contributed by atoms with Crippen molar-refractivity contribution in [3.8, 4) is 0 Å². The third-order valence-corrected chi connectivity index (χ3v) is 3.57. The van der Waals surface area contributed by atoms with E-state index in [-0.39, 0.29) is 6.10 Å².